The fraction of sp³-hybridized carbons (Fsp3) is 0.632. The minimum absolute atomic E-state index is 0.426. The Morgan fingerprint density at radius 1 is 1.09 bits per heavy atom. The van der Waals surface area contributed by atoms with E-state index in [1.807, 2.05) is 32.9 Å². The van der Waals surface area contributed by atoms with Crippen LogP contribution >= 0.6 is 0 Å². The van der Waals surface area contributed by atoms with Crippen LogP contribution in [0.25, 0.3) is 0 Å². The third kappa shape index (κ3) is 6.93. The number of carbonyl (C=O) groups is 1. The Kier molecular flexibility index (Phi) is 7.40. The Morgan fingerprint density at radius 3 is 1.96 bits per heavy atom. The Hall–Kier alpha value is -1.71. The van der Waals surface area contributed by atoms with E-state index in [0.717, 1.165) is 61.0 Å². The van der Waals surface area contributed by atoms with E-state index in [1.54, 1.807) is 0 Å². The van der Waals surface area contributed by atoms with Crippen LogP contribution in [0.3, 0.4) is 0 Å². The van der Waals surface area contributed by atoms with Crippen LogP contribution in [0, 0.1) is 0 Å². The molecule has 0 unspecified atom stereocenters. The van der Waals surface area contributed by atoms with Gasteiger partial charge in [0.15, 0.2) is 0 Å². The number of nitrogens with two attached hydrogens (primary N) is 1. The van der Waals surface area contributed by atoms with Gasteiger partial charge in [-0.25, -0.2) is 4.79 Å². The van der Waals surface area contributed by atoms with Crippen molar-refractivity contribution in [2.75, 3.05) is 11.1 Å². The van der Waals surface area contributed by atoms with Crippen LogP contribution in [0.15, 0.2) is 12.1 Å². The van der Waals surface area contributed by atoms with E-state index < -0.39 is 11.7 Å². The molecule has 1 aromatic carbocycles. The molecule has 0 saturated carbocycles. The molecule has 0 saturated heterocycles. The number of ether oxygens (including phenoxy) is 1. The molecule has 0 aliphatic heterocycles. The molecule has 4 nitrogen and oxygen atoms in total. The van der Waals surface area contributed by atoms with Gasteiger partial charge in [-0.05, 0) is 69.7 Å². The molecule has 0 heterocycles. The molecule has 3 N–H and O–H groups in total. The van der Waals surface area contributed by atoms with Gasteiger partial charge in [0.05, 0.1) is 0 Å². The summed E-state index contributed by atoms with van der Waals surface area (Å²) in [5, 5.41) is 2.84. The monoisotopic (exact) mass is 320 g/mol. The third-order valence-corrected chi connectivity index (χ3v) is 3.60. The minimum Gasteiger partial charge on any atom is -0.444 e. The first kappa shape index (κ1) is 19.3. The van der Waals surface area contributed by atoms with Gasteiger partial charge >= 0.3 is 6.09 Å². The fourth-order valence-corrected chi connectivity index (χ4v) is 2.42. The van der Waals surface area contributed by atoms with Crippen LogP contribution in [0.2, 0.25) is 0 Å². The summed E-state index contributed by atoms with van der Waals surface area (Å²) in [6, 6.07) is 3.95. The predicted molar refractivity (Wildman–Crippen MR) is 97.9 cm³/mol. The van der Waals surface area contributed by atoms with Crippen LogP contribution < -0.4 is 11.1 Å². The van der Waals surface area contributed by atoms with Crippen LogP contribution in [0.5, 0.6) is 0 Å². The Labute approximate surface area is 140 Å². The van der Waals surface area contributed by atoms with Gasteiger partial charge in [0.1, 0.15) is 5.60 Å². The smallest absolute Gasteiger partial charge is 0.412 e. The summed E-state index contributed by atoms with van der Waals surface area (Å²) in [5.74, 6) is 0. The van der Waals surface area contributed by atoms with Crippen molar-refractivity contribution in [1.82, 2.24) is 0 Å². The highest BCUT2D eigenvalue weighted by Crippen LogP contribution is 2.27. The molecule has 0 radical (unpaired) electrons. The number of unbranched alkanes of at least 4 members (excludes halogenated alkanes) is 2. The van der Waals surface area contributed by atoms with Gasteiger partial charge < -0.3 is 10.5 Å². The molecule has 1 amide bonds. The number of amides is 1. The number of carbonyl (C=O) groups excluding carboxylic acids is 1. The molecule has 4 heteroatoms. The molecule has 0 fully saturated rings. The summed E-state index contributed by atoms with van der Waals surface area (Å²) in [4.78, 5) is 12.0. The van der Waals surface area contributed by atoms with E-state index >= 15 is 0 Å². The van der Waals surface area contributed by atoms with Crippen molar-refractivity contribution in [3.05, 3.63) is 23.3 Å². The van der Waals surface area contributed by atoms with Crippen molar-refractivity contribution in [3.8, 4) is 0 Å². The molecule has 1 aromatic rings. The Balaban J connectivity index is 2.98. The maximum absolute atomic E-state index is 12.0. The van der Waals surface area contributed by atoms with E-state index in [2.05, 4.69) is 19.2 Å². The molecule has 0 atom stereocenters. The number of aryl methyl sites for hydroxylation is 2. The van der Waals surface area contributed by atoms with E-state index in [-0.39, 0.29) is 0 Å². The van der Waals surface area contributed by atoms with Gasteiger partial charge in [0.2, 0.25) is 0 Å². The SMILES string of the molecule is CCCCc1cc(NC(=O)OC(C)(C)C)cc(CCCC)c1N. The molecule has 0 aliphatic rings. The molecule has 0 aliphatic carbocycles. The zero-order valence-corrected chi connectivity index (χ0v) is 15.3. The van der Waals surface area contributed by atoms with Crippen LogP contribution in [0.4, 0.5) is 16.2 Å². The lowest BCUT2D eigenvalue weighted by Crippen LogP contribution is -2.27. The number of rotatable bonds is 7. The highest BCUT2D eigenvalue weighted by atomic mass is 16.6. The predicted octanol–water partition coefficient (Wildman–Crippen LogP) is 5.30. The van der Waals surface area contributed by atoms with Crippen LogP contribution in [-0.2, 0) is 17.6 Å². The highest BCUT2D eigenvalue weighted by Gasteiger charge is 2.17. The van der Waals surface area contributed by atoms with Gasteiger partial charge in [0, 0.05) is 11.4 Å². The lowest BCUT2D eigenvalue weighted by Gasteiger charge is -2.20. The van der Waals surface area contributed by atoms with Gasteiger partial charge in [-0.3, -0.25) is 5.32 Å². The summed E-state index contributed by atoms with van der Waals surface area (Å²) in [7, 11) is 0. The number of benzene rings is 1. The first-order valence-electron chi connectivity index (χ1n) is 8.68. The average Bonchev–Trinajstić information content (AvgIpc) is 2.43. The van der Waals surface area contributed by atoms with Crippen molar-refractivity contribution >= 4 is 17.5 Å². The third-order valence-electron chi connectivity index (χ3n) is 3.60. The summed E-state index contributed by atoms with van der Waals surface area (Å²) in [6.45, 7) is 9.90. The zero-order valence-electron chi connectivity index (χ0n) is 15.3. The molecular formula is C19H32N2O2. The topological polar surface area (TPSA) is 64.3 Å². The summed E-state index contributed by atoms with van der Waals surface area (Å²) in [6.07, 6.45) is 5.86. The normalized spacial score (nSPS) is 11.3. The summed E-state index contributed by atoms with van der Waals surface area (Å²) >= 11 is 0. The van der Waals surface area contributed by atoms with Gasteiger partial charge in [-0.1, -0.05) is 26.7 Å². The maximum atomic E-state index is 12.0. The van der Waals surface area contributed by atoms with E-state index in [9.17, 15) is 4.79 Å². The van der Waals surface area contributed by atoms with E-state index in [0.29, 0.717) is 0 Å². The summed E-state index contributed by atoms with van der Waals surface area (Å²) < 4.78 is 5.33. The summed E-state index contributed by atoms with van der Waals surface area (Å²) in [5.41, 5.74) is 9.70. The van der Waals surface area contributed by atoms with Crippen molar-refractivity contribution in [3.63, 3.8) is 0 Å². The maximum Gasteiger partial charge on any atom is 0.412 e. The molecule has 1 rings (SSSR count). The van der Waals surface area contributed by atoms with Gasteiger partial charge in [0.25, 0.3) is 0 Å². The molecule has 0 bridgehead atoms. The Morgan fingerprint density at radius 2 is 1.57 bits per heavy atom. The second-order valence-electron chi connectivity index (χ2n) is 7.04. The number of anilines is 2. The second kappa shape index (κ2) is 8.80. The van der Waals surface area contributed by atoms with Crippen molar-refractivity contribution < 1.29 is 9.53 Å². The lowest BCUT2D eigenvalue weighted by atomic mass is 9.98. The van der Waals surface area contributed by atoms with Gasteiger partial charge in [-0.15, -0.1) is 0 Å². The van der Waals surface area contributed by atoms with E-state index in [4.69, 9.17) is 10.5 Å². The first-order chi connectivity index (χ1) is 10.8. The zero-order chi connectivity index (χ0) is 17.5. The number of nitrogen functional groups attached to an aromatic ring is 1. The average molecular weight is 320 g/mol. The first-order valence-corrected chi connectivity index (χ1v) is 8.68. The Bertz CT molecular complexity index is 490. The van der Waals surface area contributed by atoms with Crippen molar-refractivity contribution in [2.24, 2.45) is 0 Å². The largest absolute Gasteiger partial charge is 0.444 e. The highest BCUT2D eigenvalue weighted by molar-refractivity contribution is 5.86. The molecule has 130 valence electrons. The van der Waals surface area contributed by atoms with Crippen molar-refractivity contribution in [2.45, 2.75) is 78.7 Å². The standard InChI is InChI=1S/C19H32N2O2/c1-6-8-10-14-12-16(21-18(22)23-19(3,4)5)13-15(17(14)20)11-9-7-2/h12-13H,6-11,20H2,1-5H3,(H,21,22). The van der Waals surface area contributed by atoms with Gasteiger partial charge in [-0.2, -0.15) is 0 Å². The minimum atomic E-state index is -0.506. The fourth-order valence-electron chi connectivity index (χ4n) is 2.42. The molecule has 23 heavy (non-hydrogen) atoms. The molecule has 0 spiro atoms. The number of hydrogen-bond donors (Lipinski definition) is 2. The van der Waals surface area contributed by atoms with Crippen molar-refractivity contribution in [1.29, 1.82) is 0 Å². The molecular weight excluding hydrogens is 288 g/mol. The van der Waals surface area contributed by atoms with E-state index in [1.165, 1.54) is 0 Å². The van der Waals surface area contributed by atoms with Crippen LogP contribution in [-0.4, -0.2) is 11.7 Å². The second-order valence-corrected chi connectivity index (χ2v) is 7.04. The number of nitrogens with one attached hydrogen (secondary N) is 1. The van der Waals surface area contributed by atoms with Crippen LogP contribution in [0.1, 0.15) is 71.4 Å². The lowest BCUT2D eigenvalue weighted by molar-refractivity contribution is 0.0636. The quantitative estimate of drug-likeness (QED) is 0.670. The number of hydrogen-bond acceptors (Lipinski definition) is 3. The molecule has 0 aromatic heterocycles.